The molecule has 0 saturated heterocycles. The van der Waals surface area contributed by atoms with Crippen molar-refractivity contribution in [3.8, 4) is 0 Å². The van der Waals surface area contributed by atoms with Gasteiger partial charge < -0.3 is 20.6 Å². The summed E-state index contributed by atoms with van der Waals surface area (Å²) < 4.78 is 4.82. The molecule has 0 aliphatic heterocycles. The average molecular weight is 872 g/mol. The molecule has 0 unspecified atom stereocenters. The summed E-state index contributed by atoms with van der Waals surface area (Å²) in [4.78, 5) is 5.55. The van der Waals surface area contributed by atoms with Crippen molar-refractivity contribution in [3.63, 3.8) is 0 Å². The van der Waals surface area contributed by atoms with E-state index >= 15 is 0 Å². The summed E-state index contributed by atoms with van der Waals surface area (Å²) in [6.07, 6.45) is 12.2. The summed E-state index contributed by atoms with van der Waals surface area (Å²) in [5.41, 5.74) is 8.67. The fourth-order valence-electron chi connectivity index (χ4n) is 8.27. The Kier molecular flexibility index (Phi) is 21.1. The summed E-state index contributed by atoms with van der Waals surface area (Å²) >= 11 is 0. The summed E-state index contributed by atoms with van der Waals surface area (Å²) in [6, 6.07) is 14.0. The Balaban J connectivity index is 0.000000963. The molecular formula is C48H80N5Si2Y. The SMILES string of the molecule is C=C([N-]c1c(C(C)C)cccc1C(C)C)C(C(=C)[N-]c1c(C(C)C)cccc1C(C)C)C(=NC1CCCCC1)NC1CCCCC1.C[Si](C)(C)[N-][Si](C)(C)C.[Y+3]. The van der Waals surface area contributed by atoms with Crippen molar-refractivity contribution in [2.75, 3.05) is 0 Å². The number of para-hydroxylation sites is 2. The van der Waals surface area contributed by atoms with Crippen LogP contribution in [-0.2, 0) is 32.7 Å². The van der Waals surface area contributed by atoms with Crippen LogP contribution in [0.15, 0.2) is 65.9 Å². The fourth-order valence-corrected chi connectivity index (χ4v) is 16.3. The molecule has 308 valence electrons. The van der Waals surface area contributed by atoms with E-state index in [4.69, 9.17) is 33.4 Å². The van der Waals surface area contributed by atoms with E-state index in [0.717, 1.165) is 41.4 Å². The van der Waals surface area contributed by atoms with Crippen LogP contribution in [0.2, 0.25) is 39.3 Å². The number of aliphatic imine (C=N–C) groups is 1. The van der Waals surface area contributed by atoms with Gasteiger partial charge in [-0.1, -0.05) is 208 Å². The third kappa shape index (κ3) is 16.3. The first-order chi connectivity index (χ1) is 25.7. The first-order valence-electron chi connectivity index (χ1n) is 21.8. The van der Waals surface area contributed by atoms with Gasteiger partial charge in [0, 0.05) is 12.0 Å². The van der Waals surface area contributed by atoms with Gasteiger partial charge in [-0.3, -0.25) is 4.99 Å². The van der Waals surface area contributed by atoms with Gasteiger partial charge in [0.25, 0.3) is 0 Å². The molecule has 0 amide bonds. The van der Waals surface area contributed by atoms with Crippen LogP contribution in [0.4, 0.5) is 11.4 Å². The zero-order valence-corrected chi connectivity index (χ0v) is 43.2. The van der Waals surface area contributed by atoms with Gasteiger partial charge in [0.2, 0.25) is 0 Å². The Hall–Kier alpha value is -1.51. The minimum atomic E-state index is -1.11. The molecule has 2 fully saturated rings. The van der Waals surface area contributed by atoms with Gasteiger partial charge in [-0.2, -0.15) is 11.4 Å². The van der Waals surface area contributed by atoms with Crippen LogP contribution in [0, 0.1) is 5.92 Å². The molecule has 2 aromatic rings. The van der Waals surface area contributed by atoms with Crippen LogP contribution in [0.1, 0.15) is 166 Å². The Labute approximate surface area is 373 Å². The largest absolute Gasteiger partial charge is 3.00 e. The molecule has 1 N–H and O–H groups in total. The standard InChI is InChI=1S/C42H62N4.C6H18NSi2.Y/c1-27(2)35-23-17-24-36(28(3)4)40(35)43-31(9)39(32(10)44-41-37(29(5)6)25-18-26-38(41)30(7)8)42(45-33-19-13-11-14-20-33)46-34-21-15-12-16-22-34;1-8(2,3)7-9(4,5)6;/h17-18,23-30,33-34,39H,9-16,19-22H2,1-8H3,(H,45,46);1-6H3;/q-2;-1;+3. The molecule has 0 spiro atoms. The molecule has 56 heavy (non-hydrogen) atoms. The van der Waals surface area contributed by atoms with E-state index < -0.39 is 16.5 Å². The van der Waals surface area contributed by atoms with Gasteiger partial charge >= 0.3 is 32.7 Å². The molecular weight excluding hydrogens is 792 g/mol. The predicted molar refractivity (Wildman–Crippen MR) is 251 cm³/mol. The van der Waals surface area contributed by atoms with Crippen LogP contribution < -0.4 is 5.32 Å². The first kappa shape index (κ1) is 50.6. The quantitative estimate of drug-likeness (QED) is 0.108. The molecule has 2 aliphatic rings. The molecule has 5 nitrogen and oxygen atoms in total. The molecule has 8 heteroatoms. The van der Waals surface area contributed by atoms with Crippen molar-refractivity contribution >= 4 is 33.7 Å². The monoisotopic (exact) mass is 872 g/mol. The molecule has 0 heterocycles. The molecule has 0 bridgehead atoms. The maximum Gasteiger partial charge on any atom is 3.00 e. The van der Waals surface area contributed by atoms with Crippen molar-refractivity contribution in [3.05, 3.63) is 98.5 Å². The molecule has 0 aromatic heterocycles. The van der Waals surface area contributed by atoms with E-state index in [0.29, 0.717) is 35.8 Å². The van der Waals surface area contributed by atoms with Gasteiger partial charge in [0.1, 0.15) is 5.84 Å². The number of amidine groups is 1. The third-order valence-corrected chi connectivity index (χ3v) is 16.0. The van der Waals surface area contributed by atoms with Crippen molar-refractivity contribution in [2.24, 2.45) is 10.9 Å². The van der Waals surface area contributed by atoms with Crippen LogP contribution in [0.5, 0.6) is 0 Å². The number of nitrogens with one attached hydrogen (secondary N) is 1. The zero-order chi connectivity index (χ0) is 41.1. The number of hydrogen-bond acceptors (Lipinski definition) is 1. The van der Waals surface area contributed by atoms with Crippen molar-refractivity contribution < 1.29 is 32.7 Å². The summed E-state index contributed by atoms with van der Waals surface area (Å²) in [7, 11) is -2.21. The summed E-state index contributed by atoms with van der Waals surface area (Å²) in [6.45, 7) is 41.3. The number of benzene rings is 2. The first-order valence-corrected chi connectivity index (χ1v) is 28.7. The number of hydrogen-bond donors (Lipinski definition) is 1. The molecule has 2 aromatic carbocycles. The maximum absolute atomic E-state index is 5.55. The second-order valence-corrected chi connectivity index (χ2v) is 29.1. The van der Waals surface area contributed by atoms with E-state index in [1.807, 2.05) is 0 Å². The molecule has 2 aliphatic carbocycles. The average Bonchev–Trinajstić information content (AvgIpc) is 3.07. The normalized spacial score (nSPS) is 16.2. The predicted octanol–water partition coefficient (Wildman–Crippen LogP) is 16.2. The summed E-state index contributed by atoms with van der Waals surface area (Å²) in [5.74, 6) is 2.03. The van der Waals surface area contributed by atoms with Crippen molar-refractivity contribution in [2.45, 2.75) is 195 Å². The smallest absolute Gasteiger partial charge is 0.668 e. The number of nitrogens with zero attached hydrogens (tertiary/aromatic N) is 4. The zero-order valence-electron chi connectivity index (χ0n) is 38.4. The molecule has 0 atom stereocenters. The number of rotatable bonds is 15. The van der Waals surface area contributed by atoms with Crippen molar-refractivity contribution in [1.29, 1.82) is 0 Å². The molecule has 2 saturated carbocycles. The maximum atomic E-state index is 5.55. The van der Waals surface area contributed by atoms with Gasteiger partial charge in [-0.15, -0.1) is 24.5 Å². The Morgan fingerprint density at radius 3 is 1.23 bits per heavy atom. The minimum absolute atomic E-state index is 0. The van der Waals surface area contributed by atoms with E-state index in [2.05, 4.69) is 136 Å². The summed E-state index contributed by atoms with van der Waals surface area (Å²) in [5, 5.41) is 14.9. The fraction of sp³-hybridized carbons (Fsp3) is 0.646. The van der Waals surface area contributed by atoms with Gasteiger partial charge in [-0.05, 0) is 49.4 Å². The van der Waals surface area contributed by atoms with Gasteiger partial charge in [-0.25, -0.2) is 0 Å². The van der Waals surface area contributed by atoms with Crippen LogP contribution in [0.3, 0.4) is 0 Å². The van der Waals surface area contributed by atoms with E-state index in [9.17, 15) is 0 Å². The van der Waals surface area contributed by atoms with Crippen molar-refractivity contribution in [1.82, 2.24) is 5.32 Å². The Morgan fingerprint density at radius 2 is 0.929 bits per heavy atom. The van der Waals surface area contributed by atoms with Gasteiger partial charge in [0.15, 0.2) is 0 Å². The topological polar surface area (TPSA) is 66.7 Å². The van der Waals surface area contributed by atoms with Gasteiger partial charge in [0.05, 0.1) is 6.04 Å². The minimum Gasteiger partial charge on any atom is -0.668 e. The van der Waals surface area contributed by atoms with Crippen LogP contribution in [-0.4, -0.2) is 34.4 Å². The Bertz CT molecular complexity index is 1410. The van der Waals surface area contributed by atoms with Crippen LogP contribution in [0.25, 0.3) is 15.3 Å². The van der Waals surface area contributed by atoms with E-state index in [-0.39, 0.29) is 38.6 Å². The second kappa shape index (κ2) is 23.3. The molecule has 4 rings (SSSR count). The van der Waals surface area contributed by atoms with Crippen LogP contribution >= 0.6 is 0 Å². The van der Waals surface area contributed by atoms with E-state index in [1.54, 1.807) is 0 Å². The van der Waals surface area contributed by atoms with E-state index in [1.165, 1.54) is 73.6 Å². The Morgan fingerprint density at radius 1 is 0.589 bits per heavy atom. The third-order valence-electron chi connectivity index (χ3n) is 10.7. The molecule has 0 radical (unpaired) electrons. The second-order valence-electron chi connectivity index (χ2n) is 19.6.